The lowest BCUT2D eigenvalue weighted by molar-refractivity contribution is -0.209. The van der Waals surface area contributed by atoms with Crippen LogP contribution in [0.3, 0.4) is 0 Å². The molecule has 2 heterocycles. The Balaban J connectivity index is 1.02. The van der Waals surface area contributed by atoms with Gasteiger partial charge in [-0.3, -0.25) is 4.79 Å². The fourth-order valence-corrected chi connectivity index (χ4v) is 9.23. The van der Waals surface area contributed by atoms with Crippen molar-refractivity contribution in [2.75, 3.05) is 13.2 Å². The van der Waals surface area contributed by atoms with Gasteiger partial charge in [0.05, 0.1) is 23.9 Å². The third-order valence-corrected chi connectivity index (χ3v) is 12.2. The van der Waals surface area contributed by atoms with Crippen molar-refractivity contribution < 1.29 is 33.6 Å². The number of aliphatic hydroxyl groups excluding tert-OH is 1. The summed E-state index contributed by atoms with van der Waals surface area (Å²) >= 11 is 0. The second-order valence-corrected chi connectivity index (χ2v) is 16.0. The molecule has 2 aliphatic heterocycles. The first-order chi connectivity index (χ1) is 22.1. The lowest BCUT2D eigenvalue weighted by Crippen LogP contribution is -2.45. The molecule has 8 rings (SSSR count). The molecule has 1 aromatic carbocycles. The summed E-state index contributed by atoms with van der Waals surface area (Å²) in [6.45, 7) is 7.10. The summed E-state index contributed by atoms with van der Waals surface area (Å²) in [5.74, 6) is 0.591. The summed E-state index contributed by atoms with van der Waals surface area (Å²) in [4.78, 5) is 26.8. The molecule has 2 N–H and O–H groups in total. The lowest BCUT2D eigenvalue weighted by Gasteiger charge is -2.53. The standard InChI is InChI=1S/C38H49NO7/c1-36(2)21-28-23(7-12-32-37(3,45-32)14-13-29(28)36)17-22-5-4-6-24(18-22)35(42)43-30-19-25(34(41)39-15-16-40)20-31-33(30)46-38(44-31,26-8-9-26)27-10-11-27/h4-6,17-18,20,26-33,40H,7-16,19,21H2,1-3H3,(H,39,41). The zero-order valence-corrected chi connectivity index (χ0v) is 27.5. The van der Waals surface area contributed by atoms with Crippen LogP contribution in [0.25, 0.3) is 6.08 Å². The van der Waals surface area contributed by atoms with Crippen molar-refractivity contribution in [2.45, 2.75) is 121 Å². The SMILES string of the molecule is CC1(C)CC2C(=Cc3cccc(C(=O)OC4CC(C(=O)NCCO)=CC5OC(C6CC6)(C6CC6)OC54)c3)CCC3OC3(C)CCC21. The first-order valence-corrected chi connectivity index (χ1v) is 17.7. The van der Waals surface area contributed by atoms with Crippen molar-refractivity contribution in [3.05, 3.63) is 52.6 Å². The molecule has 8 heteroatoms. The summed E-state index contributed by atoms with van der Waals surface area (Å²) in [6, 6.07) is 7.75. The zero-order chi connectivity index (χ0) is 31.8. The van der Waals surface area contributed by atoms with Gasteiger partial charge in [0, 0.05) is 30.4 Å². The Hall–Kier alpha value is -2.52. The highest BCUT2D eigenvalue weighted by Gasteiger charge is 2.64. The molecule has 2 saturated heterocycles. The first kappa shape index (κ1) is 30.8. The van der Waals surface area contributed by atoms with Crippen LogP contribution >= 0.6 is 0 Å². The third-order valence-electron chi connectivity index (χ3n) is 12.2. The maximum atomic E-state index is 13.8. The number of fused-ring (bicyclic) bond motifs is 3. The van der Waals surface area contributed by atoms with E-state index in [-0.39, 0.29) is 31.1 Å². The minimum Gasteiger partial charge on any atom is -0.456 e. The van der Waals surface area contributed by atoms with Gasteiger partial charge in [-0.25, -0.2) is 4.79 Å². The molecule has 0 spiro atoms. The molecule has 0 bridgehead atoms. The summed E-state index contributed by atoms with van der Waals surface area (Å²) < 4.78 is 25.8. The molecular formula is C38H49NO7. The maximum absolute atomic E-state index is 13.8. The van der Waals surface area contributed by atoms with E-state index in [9.17, 15) is 14.7 Å². The Kier molecular flexibility index (Phi) is 7.55. The van der Waals surface area contributed by atoms with Gasteiger partial charge in [0.2, 0.25) is 5.91 Å². The molecule has 7 atom stereocenters. The van der Waals surface area contributed by atoms with Gasteiger partial charge in [-0.15, -0.1) is 0 Å². The largest absolute Gasteiger partial charge is 0.456 e. The predicted octanol–water partition coefficient (Wildman–Crippen LogP) is 5.73. The monoisotopic (exact) mass is 631 g/mol. The number of esters is 1. The highest BCUT2D eigenvalue weighted by molar-refractivity contribution is 5.94. The second kappa shape index (κ2) is 11.3. The van der Waals surface area contributed by atoms with Crippen molar-refractivity contribution in [3.8, 4) is 0 Å². The molecule has 7 unspecified atom stereocenters. The molecule has 8 nitrogen and oxygen atoms in total. The highest BCUT2D eigenvalue weighted by Crippen LogP contribution is 2.61. The van der Waals surface area contributed by atoms with E-state index in [1.165, 1.54) is 18.4 Å². The zero-order valence-electron chi connectivity index (χ0n) is 27.5. The molecule has 248 valence electrons. The fourth-order valence-electron chi connectivity index (χ4n) is 9.23. The Morgan fingerprint density at radius 1 is 1.04 bits per heavy atom. The van der Waals surface area contributed by atoms with Crippen molar-refractivity contribution in [3.63, 3.8) is 0 Å². The van der Waals surface area contributed by atoms with Crippen molar-refractivity contribution in [2.24, 2.45) is 29.1 Å². The number of hydrogen-bond donors (Lipinski definition) is 2. The Morgan fingerprint density at radius 3 is 2.54 bits per heavy atom. The van der Waals surface area contributed by atoms with Crippen LogP contribution in [0, 0.1) is 29.1 Å². The number of rotatable bonds is 8. The fraction of sp³-hybridized carbons (Fsp3) is 0.684. The Bertz CT molecular complexity index is 1440. The quantitative estimate of drug-likeness (QED) is 0.279. The van der Waals surface area contributed by atoms with Crippen LogP contribution in [0.1, 0.15) is 101 Å². The van der Waals surface area contributed by atoms with Gasteiger partial charge in [-0.05, 0) is 106 Å². The van der Waals surface area contributed by atoms with Crippen LogP contribution in [0.5, 0.6) is 0 Å². The second-order valence-electron chi connectivity index (χ2n) is 16.0. The minimum absolute atomic E-state index is 0.0487. The summed E-state index contributed by atoms with van der Waals surface area (Å²) in [5, 5.41) is 12.0. The van der Waals surface area contributed by atoms with E-state index >= 15 is 0 Å². The van der Waals surface area contributed by atoms with E-state index in [4.69, 9.17) is 18.9 Å². The average molecular weight is 632 g/mol. The molecule has 7 aliphatic rings. The van der Waals surface area contributed by atoms with Crippen LogP contribution in [0.2, 0.25) is 0 Å². The normalized spacial score (nSPS) is 38.1. The molecule has 6 fully saturated rings. The molecule has 46 heavy (non-hydrogen) atoms. The number of allylic oxidation sites excluding steroid dienone is 1. The Labute approximate surface area is 272 Å². The summed E-state index contributed by atoms with van der Waals surface area (Å²) in [7, 11) is 0. The average Bonchev–Trinajstić information content (AvgIpc) is 3.93. The van der Waals surface area contributed by atoms with Crippen LogP contribution in [-0.2, 0) is 23.7 Å². The number of amides is 1. The molecular weight excluding hydrogens is 582 g/mol. The number of ether oxygens (including phenoxy) is 4. The third kappa shape index (κ3) is 5.57. The highest BCUT2D eigenvalue weighted by atomic mass is 16.8. The molecule has 1 aromatic rings. The first-order valence-electron chi connectivity index (χ1n) is 17.7. The number of carbonyl (C=O) groups is 2. The number of benzene rings is 1. The predicted molar refractivity (Wildman–Crippen MR) is 171 cm³/mol. The molecule has 0 radical (unpaired) electrons. The van der Waals surface area contributed by atoms with Gasteiger partial charge >= 0.3 is 5.97 Å². The van der Waals surface area contributed by atoms with E-state index in [1.54, 1.807) is 0 Å². The maximum Gasteiger partial charge on any atom is 0.338 e. The van der Waals surface area contributed by atoms with Crippen molar-refractivity contribution >= 4 is 18.0 Å². The molecule has 1 amide bonds. The number of carbonyl (C=O) groups excluding carboxylic acids is 2. The topological polar surface area (TPSA) is 107 Å². The van der Waals surface area contributed by atoms with Crippen LogP contribution in [0.15, 0.2) is 41.5 Å². The Morgan fingerprint density at radius 2 is 1.83 bits per heavy atom. The van der Waals surface area contributed by atoms with Crippen LogP contribution < -0.4 is 5.32 Å². The van der Waals surface area contributed by atoms with E-state index in [1.807, 2.05) is 24.3 Å². The van der Waals surface area contributed by atoms with Gasteiger partial charge in [0.25, 0.3) is 0 Å². The van der Waals surface area contributed by atoms with Gasteiger partial charge in [-0.1, -0.05) is 37.6 Å². The number of aliphatic hydroxyl groups is 1. The van der Waals surface area contributed by atoms with Crippen molar-refractivity contribution in [1.29, 1.82) is 0 Å². The van der Waals surface area contributed by atoms with Crippen LogP contribution in [-0.4, -0.2) is 65.9 Å². The number of hydrogen-bond acceptors (Lipinski definition) is 7. The summed E-state index contributed by atoms with van der Waals surface area (Å²) in [5.41, 5.74) is 3.87. The molecule has 5 aliphatic carbocycles. The van der Waals surface area contributed by atoms with Crippen molar-refractivity contribution in [1.82, 2.24) is 5.32 Å². The van der Waals surface area contributed by atoms with E-state index < -0.39 is 30.1 Å². The summed E-state index contributed by atoms with van der Waals surface area (Å²) in [6.07, 6.45) is 13.1. The molecule has 0 aromatic heterocycles. The van der Waals surface area contributed by atoms with Gasteiger partial charge in [0.15, 0.2) is 5.79 Å². The smallest absolute Gasteiger partial charge is 0.338 e. The van der Waals surface area contributed by atoms with Gasteiger partial charge < -0.3 is 29.4 Å². The number of nitrogens with one attached hydrogen (secondary N) is 1. The van der Waals surface area contributed by atoms with Gasteiger partial charge in [0.1, 0.15) is 18.3 Å². The van der Waals surface area contributed by atoms with Crippen LogP contribution in [0.4, 0.5) is 0 Å². The molecule has 4 saturated carbocycles. The number of epoxide rings is 1. The van der Waals surface area contributed by atoms with E-state index in [2.05, 4.69) is 38.2 Å². The minimum atomic E-state index is -0.654. The van der Waals surface area contributed by atoms with E-state index in [0.29, 0.717) is 46.3 Å². The van der Waals surface area contributed by atoms with E-state index in [0.717, 1.165) is 50.5 Å². The lowest BCUT2D eigenvalue weighted by atomic mass is 9.52. The van der Waals surface area contributed by atoms with Gasteiger partial charge in [-0.2, -0.15) is 0 Å².